The standard InChI is InChI=1S/C34H42N8O4/c1-3-27(43)37-23-15-16-41(19-23)34-39-32(35-18-24(21-11-7-5-8-12-21)22-13-9-6-10-14-22)29-33(40-34)42(20-36-29)26-17-25(30(45)31(26)46)38-28(44)4-2/h5-14,20,23-26,30-31,45-46H,3-4,15-19H2,1-2H3,(H,37,43)(H,38,44)(H,35,39,40)/t23-,25+,26-,30-,31+/m1/s1. The van der Waals surface area contributed by atoms with E-state index in [0.29, 0.717) is 55.4 Å². The highest BCUT2D eigenvalue weighted by Crippen LogP contribution is 2.35. The largest absolute Gasteiger partial charge is 0.388 e. The van der Waals surface area contributed by atoms with Crippen LogP contribution < -0.4 is 20.9 Å². The van der Waals surface area contributed by atoms with E-state index in [-0.39, 0.29) is 30.2 Å². The fourth-order valence-corrected chi connectivity index (χ4v) is 6.54. The second-order valence-corrected chi connectivity index (χ2v) is 12.1. The SMILES string of the molecule is CCC(=O)N[C@@H]1CCN(c2nc(NCC(c3ccccc3)c3ccccc3)c3ncn([C@@H]4C[C@H](NC(=O)CC)[C@@H](O)[C@H]4O)c3n2)C1. The molecule has 3 heterocycles. The zero-order chi connectivity index (χ0) is 32.2. The van der Waals surface area contributed by atoms with Crippen molar-refractivity contribution in [1.82, 2.24) is 30.2 Å². The molecule has 12 heteroatoms. The van der Waals surface area contributed by atoms with Crippen LogP contribution in [0, 0.1) is 0 Å². The van der Waals surface area contributed by atoms with E-state index in [2.05, 4.69) is 45.1 Å². The summed E-state index contributed by atoms with van der Waals surface area (Å²) in [5.41, 5.74) is 3.38. The number of aromatic nitrogens is 4. The van der Waals surface area contributed by atoms with Crippen molar-refractivity contribution in [3.8, 4) is 0 Å². The first-order chi connectivity index (χ1) is 22.4. The van der Waals surface area contributed by atoms with Gasteiger partial charge in [0.2, 0.25) is 17.8 Å². The van der Waals surface area contributed by atoms with Crippen LogP contribution in [0.4, 0.5) is 11.8 Å². The van der Waals surface area contributed by atoms with E-state index < -0.39 is 24.3 Å². The van der Waals surface area contributed by atoms with Crippen LogP contribution in [0.15, 0.2) is 67.0 Å². The van der Waals surface area contributed by atoms with Gasteiger partial charge in [0.1, 0.15) is 12.2 Å². The Labute approximate surface area is 268 Å². The number of nitrogens with one attached hydrogen (secondary N) is 3. The molecule has 4 aromatic rings. The summed E-state index contributed by atoms with van der Waals surface area (Å²) in [4.78, 5) is 40.9. The third-order valence-corrected chi connectivity index (χ3v) is 9.12. The molecule has 2 fully saturated rings. The molecule has 46 heavy (non-hydrogen) atoms. The number of aliphatic hydroxyl groups excluding tert-OH is 2. The van der Waals surface area contributed by atoms with Crippen molar-refractivity contribution in [2.45, 2.75) is 75.8 Å². The predicted molar refractivity (Wildman–Crippen MR) is 175 cm³/mol. The minimum atomic E-state index is -1.13. The first-order valence-electron chi connectivity index (χ1n) is 16.1. The number of nitrogens with zero attached hydrogens (tertiary/aromatic N) is 5. The highest BCUT2D eigenvalue weighted by Gasteiger charge is 2.44. The topological polar surface area (TPSA) is 158 Å². The highest BCUT2D eigenvalue weighted by atomic mass is 16.3. The van der Waals surface area contributed by atoms with Crippen molar-refractivity contribution in [3.05, 3.63) is 78.1 Å². The second-order valence-electron chi connectivity index (χ2n) is 12.1. The minimum Gasteiger partial charge on any atom is -0.388 e. The molecule has 12 nitrogen and oxygen atoms in total. The van der Waals surface area contributed by atoms with Gasteiger partial charge in [-0.05, 0) is 24.0 Å². The van der Waals surface area contributed by atoms with Gasteiger partial charge in [-0.25, -0.2) is 4.98 Å². The number of carbonyl (C=O) groups is 2. The predicted octanol–water partition coefficient (Wildman–Crippen LogP) is 2.74. The van der Waals surface area contributed by atoms with E-state index in [0.717, 1.165) is 17.5 Å². The molecule has 2 aromatic heterocycles. The zero-order valence-electron chi connectivity index (χ0n) is 26.2. The van der Waals surface area contributed by atoms with Crippen LogP contribution in [0.3, 0.4) is 0 Å². The first kappa shape index (κ1) is 31.4. The van der Waals surface area contributed by atoms with E-state index in [1.165, 1.54) is 0 Å². The number of fused-ring (bicyclic) bond motifs is 1. The van der Waals surface area contributed by atoms with Crippen molar-refractivity contribution in [3.63, 3.8) is 0 Å². The summed E-state index contributed by atoms with van der Waals surface area (Å²) >= 11 is 0. The van der Waals surface area contributed by atoms with Crippen LogP contribution in [-0.2, 0) is 9.59 Å². The maximum Gasteiger partial charge on any atom is 0.229 e. The number of amides is 2. The Bertz CT molecular complexity index is 1610. The Morgan fingerprint density at radius 1 is 0.913 bits per heavy atom. The molecule has 5 atom stereocenters. The number of aliphatic hydroxyl groups is 2. The van der Waals surface area contributed by atoms with Gasteiger partial charge >= 0.3 is 0 Å². The third-order valence-electron chi connectivity index (χ3n) is 9.12. The Hall–Kier alpha value is -4.55. The lowest BCUT2D eigenvalue weighted by Gasteiger charge is -2.22. The van der Waals surface area contributed by atoms with Gasteiger partial charge in [0.05, 0.1) is 18.4 Å². The molecule has 6 rings (SSSR count). The number of hydrogen-bond donors (Lipinski definition) is 5. The van der Waals surface area contributed by atoms with Gasteiger partial charge in [-0.2, -0.15) is 9.97 Å². The molecule has 1 saturated carbocycles. The zero-order valence-corrected chi connectivity index (χ0v) is 26.2. The highest BCUT2D eigenvalue weighted by molar-refractivity contribution is 5.85. The van der Waals surface area contributed by atoms with E-state index in [4.69, 9.17) is 15.0 Å². The number of imidazole rings is 1. The number of rotatable bonds is 11. The summed E-state index contributed by atoms with van der Waals surface area (Å²) in [6.45, 7) is 5.36. The number of benzene rings is 2. The van der Waals surface area contributed by atoms with Gasteiger partial charge in [0, 0.05) is 44.4 Å². The molecule has 5 N–H and O–H groups in total. The Kier molecular flexibility index (Phi) is 9.46. The Morgan fingerprint density at radius 2 is 1.57 bits per heavy atom. The van der Waals surface area contributed by atoms with Gasteiger partial charge in [0.15, 0.2) is 17.0 Å². The van der Waals surface area contributed by atoms with Gasteiger partial charge < -0.3 is 35.6 Å². The maximum atomic E-state index is 12.1. The van der Waals surface area contributed by atoms with Crippen molar-refractivity contribution >= 4 is 34.7 Å². The molecule has 0 bridgehead atoms. The van der Waals surface area contributed by atoms with Crippen LogP contribution in [0.2, 0.25) is 0 Å². The van der Waals surface area contributed by atoms with Crippen molar-refractivity contribution in [2.24, 2.45) is 0 Å². The fourth-order valence-electron chi connectivity index (χ4n) is 6.54. The molecule has 2 amide bonds. The van der Waals surface area contributed by atoms with E-state index >= 15 is 0 Å². The van der Waals surface area contributed by atoms with E-state index in [9.17, 15) is 19.8 Å². The molecule has 2 aromatic carbocycles. The molecule has 0 radical (unpaired) electrons. The smallest absolute Gasteiger partial charge is 0.229 e. The molecule has 242 valence electrons. The molecule has 0 unspecified atom stereocenters. The van der Waals surface area contributed by atoms with E-state index in [1.54, 1.807) is 17.8 Å². The van der Waals surface area contributed by atoms with Crippen LogP contribution in [0.1, 0.15) is 62.6 Å². The van der Waals surface area contributed by atoms with Gasteiger partial charge in [-0.1, -0.05) is 74.5 Å². The fraction of sp³-hybridized carbons (Fsp3) is 0.441. The quantitative estimate of drug-likeness (QED) is 0.169. The molecule has 0 spiro atoms. The molecule has 2 aliphatic rings. The Morgan fingerprint density at radius 3 is 2.22 bits per heavy atom. The molecular formula is C34H42N8O4. The van der Waals surface area contributed by atoms with Crippen molar-refractivity contribution in [1.29, 1.82) is 0 Å². The summed E-state index contributed by atoms with van der Waals surface area (Å²) in [5.74, 6) is 0.905. The number of carbonyl (C=O) groups excluding carboxylic acids is 2. The monoisotopic (exact) mass is 626 g/mol. The number of hydrogen-bond acceptors (Lipinski definition) is 9. The van der Waals surface area contributed by atoms with Crippen LogP contribution in [0.5, 0.6) is 0 Å². The van der Waals surface area contributed by atoms with Crippen molar-refractivity contribution < 1.29 is 19.8 Å². The van der Waals surface area contributed by atoms with E-state index in [1.807, 2.05) is 43.3 Å². The average molecular weight is 627 g/mol. The molecule has 1 aliphatic carbocycles. The number of anilines is 2. The lowest BCUT2D eigenvalue weighted by atomic mass is 9.91. The third kappa shape index (κ3) is 6.54. The first-order valence-corrected chi connectivity index (χ1v) is 16.1. The molecule has 1 saturated heterocycles. The molecule has 1 aliphatic heterocycles. The maximum absolute atomic E-state index is 12.1. The van der Waals surface area contributed by atoms with Crippen LogP contribution in [-0.4, -0.2) is 85.5 Å². The van der Waals surface area contributed by atoms with Crippen LogP contribution >= 0.6 is 0 Å². The summed E-state index contributed by atoms with van der Waals surface area (Å²) in [6.07, 6.45) is 1.16. The summed E-state index contributed by atoms with van der Waals surface area (Å²) < 4.78 is 1.79. The van der Waals surface area contributed by atoms with Crippen LogP contribution in [0.25, 0.3) is 11.2 Å². The van der Waals surface area contributed by atoms with Crippen molar-refractivity contribution in [2.75, 3.05) is 29.9 Å². The summed E-state index contributed by atoms with van der Waals surface area (Å²) in [5, 5.41) is 31.4. The summed E-state index contributed by atoms with van der Waals surface area (Å²) in [6, 6.07) is 19.4. The average Bonchev–Trinajstić information content (AvgIpc) is 3.80. The van der Waals surface area contributed by atoms with Gasteiger partial charge in [-0.15, -0.1) is 0 Å². The lowest BCUT2D eigenvalue weighted by Crippen LogP contribution is -2.42. The van der Waals surface area contributed by atoms with Gasteiger partial charge in [0.25, 0.3) is 0 Å². The minimum absolute atomic E-state index is 0.00927. The normalized spacial score (nSPS) is 22.8. The lowest BCUT2D eigenvalue weighted by molar-refractivity contribution is -0.122. The summed E-state index contributed by atoms with van der Waals surface area (Å²) in [7, 11) is 0. The Balaban J connectivity index is 1.35. The second kappa shape index (κ2) is 13.8. The molecular weight excluding hydrogens is 584 g/mol. The van der Waals surface area contributed by atoms with Gasteiger partial charge in [-0.3, -0.25) is 9.59 Å².